The summed E-state index contributed by atoms with van der Waals surface area (Å²) in [6.45, 7) is 7.87. The van der Waals surface area contributed by atoms with Crippen LogP contribution in [0.4, 0.5) is 0 Å². The number of hydrogen-bond acceptors (Lipinski definition) is 8. The number of nitriles is 1. The molecule has 0 fully saturated rings. The lowest BCUT2D eigenvalue weighted by atomic mass is 10.1. The molecule has 9 heteroatoms. The monoisotopic (exact) mass is 484 g/mol. The van der Waals surface area contributed by atoms with Crippen LogP contribution in [0.15, 0.2) is 64.2 Å². The molecule has 4 rings (SSSR count). The summed E-state index contributed by atoms with van der Waals surface area (Å²) in [4.78, 5) is 21.5. The topological polar surface area (TPSA) is 130 Å². The van der Waals surface area contributed by atoms with Crippen LogP contribution in [0.1, 0.15) is 32.0 Å². The SMILES string of the molecule is Cc1ncc(-c2ccc(=O)n(C(C)(C)C#N)c2)nc1-c1cc(-c2ccc(CNC(C)CO)cc2)no1. The molecule has 36 heavy (non-hydrogen) atoms. The first kappa shape index (κ1) is 25.0. The Morgan fingerprint density at radius 2 is 1.89 bits per heavy atom. The fraction of sp³-hybridized carbons (Fsp3) is 0.296. The Kier molecular flexibility index (Phi) is 7.10. The molecule has 184 valence electrons. The fourth-order valence-corrected chi connectivity index (χ4v) is 3.62. The standard InChI is InChI=1S/C27H28N6O3/c1-17(15-34)29-12-19-5-7-20(8-6-19)22-11-24(36-32-22)26-18(2)30-13-23(31-26)21-9-10-25(35)33(14-21)27(3,4)16-28/h5-11,13-14,17,29,34H,12,15H2,1-4H3. The molecule has 0 saturated heterocycles. The van der Waals surface area contributed by atoms with E-state index in [2.05, 4.69) is 21.5 Å². The Balaban J connectivity index is 1.62. The van der Waals surface area contributed by atoms with Gasteiger partial charge in [-0.2, -0.15) is 5.26 Å². The average Bonchev–Trinajstić information content (AvgIpc) is 3.38. The molecule has 2 N–H and O–H groups in total. The summed E-state index contributed by atoms with van der Waals surface area (Å²) in [5, 5.41) is 26.1. The molecule has 9 nitrogen and oxygen atoms in total. The van der Waals surface area contributed by atoms with E-state index >= 15 is 0 Å². The first-order valence-electron chi connectivity index (χ1n) is 11.6. The maximum atomic E-state index is 12.3. The normalized spacial score (nSPS) is 12.3. The number of hydrogen-bond donors (Lipinski definition) is 2. The molecule has 1 atom stereocenters. The van der Waals surface area contributed by atoms with E-state index in [0.29, 0.717) is 40.6 Å². The largest absolute Gasteiger partial charge is 0.395 e. The lowest BCUT2D eigenvalue weighted by Crippen LogP contribution is -2.34. The van der Waals surface area contributed by atoms with Crippen LogP contribution in [0.5, 0.6) is 0 Å². The average molecular weight is 485 g/mol. The third kappa shape index (κ3) is 5.25. The summed E-state index contributed by atoms with van der Waals surface area (Å²) in [6, 6.07) is 15.0. The van der Waals surface area contributed by atoms with Gasteiger partial charge in [0.05, 0.1) is 30.3 Å². The molecule has 1 aromatic carbocycles. The van der Waals surface area contributed by atoms with E-state index in [-0.39, 0.29) is 18.2 Å². The van der Waals surface area contributed by atoms with Crippen molar-refractivity contribution in [3.8, 4) is 40.0 Å². The zero-order valence-corrected chi connectivity index (χ0v) is 20.7. The fourth-order valence-electron chi connectivity index (χ4n) is 3.62. The number of aliphatic hydroxyl groups is 1. The summed E-state index contributed by atoms with van der Waals surface area (Å²) in [5.74, 6) is 0.477. The minimum absolute atomic E-state index is 0.0316. The van der Waals surface area contributed by atoms with Gasteiger partial charge in [0.1, 0.15) is 16.9 Å². The van der Waals surface area contributed by atoms with E-state index in [9.17, 15) is 10.1 Å². The molecular weight excluding hydrogens is 456 g/mol. The summed E-state index contributed by atoms with van der Waals surface area (Å²) in [6.07, 6.45) is 3.25. The summed E-state index contributed by atoms with van der Waals surface area (Å²) in [7, 11) is 0. The third-order valence-electron chi connectivity index (χ3n) is 5.96. The highest BCUT2D eigenvalue weighted by Gasteiger charge is 2.21. The number of benzene rings is 1. The maximum absolute atomic E-state index is 12.3. The smallest absolute Gasteiger partial charge is 0.251 e. The van der Waals surface area contributed by atoms with Gasteiger partial charge in [0, 0.05) is 42.0 Å². The lowest BCUT2D eigenvalue weighted by Gasteiger charge is -2.19. The van der Waals surface area contributed by atoms with Gasteiger partial charge in [0.15, 0.2) is 5.76 Å². The van der Waals surface area contributed by atoms with Gasteiger partial charge >= 0.3 is 0 Å². The van der Waals surface area contributed by atoms with Crippen molar-refractivity contribution < 1.29 is 9.63 Å². The molecule has 0 radical (unpaired) electrons. The highest BCUT2D eigenvalue weighted by molar-refractivity contribution is 5.68. The second-order valence-electron chi connectivity index (χ2n) is 9.22. The number of aromatic nitrogens is 4. The predicted octanol–water partition coefficient (Wildman–Crippen LogP) is 3.66. The Bertz CT molecular complexity index is 1460. The quantitative estimate of drug-likeness (QED) is 0.387. The lowest BCUT2D eigenvalue weighted by molar-refractivity contribution is 0.251. The molecular formula is C27H28N6O3. The molecule has 0 aliphatic carbocycles. The number of pyridine rings is 1. The van der Waals surface area contributed by atoms with Crippen LogP contribution < -0.4 is 10.9 Å². The van der Waals surface area contributed by atoms with E-state index in [1.165, 1.54) is 10.6 Å². The van der Waals surface area contributed by atoms with Crippen LogP contribution in [0.2, 0.25) is 0 Å². The Morgan fingerprint density at radius 3 is 2.58 bits per heavy atom. The number of rotatable bonds is 8. The molecule has 0 aliphatic rings. The molecule has 1 unspecified atom stereocenters. The number of aryl methyl sites for hydroxylation is 1. The Labute approximate surface area is 209 Å². The van der Waals surface area contributed by atoms with Gasteiger partial charge in [-0.25, -0.2) is 4.98 Å². The van der Waals surface area contributed by atoms with Crippen molar-refractivity contribution in [2.45, 2.75) is 45.8 Å². The third-order valence-corrected chi connectivity index (χ3v) is 5.96. The highest BCUT2D eigenvalue weighted by atomic mass is 16.5. The van der Waals surface area contributed by atoms with Crippen LogP contribution in [0.25, 0.3) is 34.0 Å². The van der Waals surface area contributed by atoms with Crippen LogP contribution in [0, 0.1) is 18.3 Å². The maximum Gasteiger partial charge on any atom is 0.251 e. The van der Waals surface area contributed by atoms with Crippen molar-refractivity contribution in [2.24, 2.45) is 0 Å². The van der Waals surface area contributed by atoms with Gasteiger partial charge in [-0.3, -0.25) is 14.3 Å². The minimum atomic E-state index is -1.00. The molecule has 0 amide bonds. The van der Waals surface area contributed by atoms with E-state index in [1.54, 1.807) is 32.3 Å². The van der Waals surface area contributed by atoms with Crippen LogP contribution in [-0.2, 0) is 12.1 Å². The molecule has 4 aromatic rings. The van der Waals surface area contributed by atoms with E-state index in [0.717, 1.165) is 11.1 Å². The van der Waals surface area contributed by atoms with Crippen LogP contribution in [0.3, 0.4) is 0 Å². The van der Waals surface area contributed by atoms with Crippen LogP contribution in [-0.4, -0.2) is 37.4 Å². The van der Waals surface area contributed by atoms with Crippen molar-refractivity contribution in [3.63, 3.8) is 0 Å². The van der Waals surface area contributed by atoms with E-state index in [1.807, 2.05) is 44.2 Å². The van der Waals surface area contributed by atoms with Gasteiger partial charge < -0.3 is 14.9 Å². The Hall–Kier alpha value is -4.13. The van der Waals surface area contributed by atoms with Gasteiger partial charge in [-0.05, 0) is 39.3 Å². The predicted molar refractivity (Wildman–Crippen MR) is 136 cm³/mol. The summed E-state index contributed by atoms with van der Waals surface area (Å²) < 4.78 is 7.01. The molecule has 0 aliphatic heterocycles. The van der Waals surface area contributed by atoms with Crippen molar-refractivity contribution >= 4 is 0 Å². The van der Waals surface area contributed by atoms with Crippen molar-refractivity contribution in [1.29, 1.82) is 5.26 Å². The minimum Gasteiger partial charge on any atom is -0.395 e. The van der Waals surface area contributed by atoms with Crippen LogP contribution >= 0.6 is 0 Å². The van der Waals surface area contributed by atoms with Crippen molar-refractivity contribution in [2.75, 3.05) is 6.61 Å². The van der Waals surface area contributed by atoms with E-state index < -0.39 is 5.54 Å². The zero-order valence-electron chi connectivity index (χ0n) is 20.7. The second kappa shape index (κ2) is 10.2. The highest BCUT2D eigenvalue weighted by Crippen LogP contribution is 2.28. The summed E-state index contributed by atoms with van der Waals surface area (Å²) in [5.41, 5.74) is 3.82. The molecule has 3 heterocycles. The van der Waals surface area contributed by atoms with Gasteiger partial charge in [-0.15, -0.1) is 0 Å². The number of nitrogens with one attached hydrogen (secondary N) is 1. The summed E-state index contributed by atoms with van der Waals surface area (Å²) >= 11 is 0. The molecule has 0 bridgehead atoms. The molecule has 0 saturated carbocycles. The molecule has 0 spiro atoms. The molecule has 3 aromatic heterocycles. The number of aliphatic hydroxyl groups excluding tert-OH is 1. The first-order valence-corrected chi connectivity index (χ1v) is 11.6. The van der Waals surface area contributed by atoms with Crippen molar-refractivity contribution in [1.82, 2.24) is 25.0 Å². The van der Waals surface area contributed by atoms with Gasteiger partial charge in [0.2, 0.25) is 0 Å². The number of nitrogens with zero attached hydrogens (tertiary/aromatic N) is 5. The Morgan fingerprint density at radius 1 is 1.17 bits per heavy atom. The first-order chi connectivity index (χ1) is 17.2. The van der Waals surface area contributed by atoms with Gasteiger partial charge in [0.25, 0.3) is 5.56 Å². The van der Waals surface area contributed by atoms with Crippen molar-refractivity contribution in [3.05, 3.63) is 76.5 Å². The second-order valence-corrected chi connectivity index (χ2v) is 9.22. The van der Waals surface area contributed by atoms with Gasteiger partial charge in [-0.1, -0.05) is 29.4 Å². The zero-order chi connectivity index (χ0) is 25.9. The van der Waals surface area contributed by atoms with E-state index in [4.69, 9.17) is 14.6 Å².